The molecule has 2 rings (SSSR count). The van der Waals surface area contributed by atoms with Crippen LogP contribution < -0.4 is 5.32 Å². The van der Waals surface area contributed by atoms with Gasteiger partial charge in [-0.3, -0.25) is 5.32 Å². The molecule has 4 heteroatoms. The number of benzene rings is 1. The second-order valence-corrected chi connectivity index (χ2v) is 3.74. The number of carbonyl (C=O) groups excluding carboxylic acids is 1. The predicted molar refractivity (Wildman–Crippen MR) is 72.4 cm³/mol. The summed E-state index contributed by atoms with van der Waals surface area (Å²) in [5.41, 5.74) is 1.38. The molecule has 0 aliphatic rings. The fourth-order valence-electron chi connectivity index (χ4n) is 1.45. The van der Waals surface area contributed by atoms with E-state index in [9.17, 15) is 4.79 Å². The van der Waals surface area contributed by atoms with E-state index in [0.29, 0.717) is 11.5 Å². The van der Waals surface area contributed by atoms with Crippen molar-refractivity contribution in [3.8, 4) is 12.3 Å². The summed E-state index contributed by atoms with van der Waals surface area (Å²) in [6, 6.07) is 14.5. The Kier molecular flexibility index (Phi) is 4.14. The lowest BCUT2D eigenvalue weighted by atomic mass is 10.2. The number of nitrogens with zero attached hydrogens (tertiary/aromatic N) is 1. The molecule has 0 saturated carbocycles. The number of carbonyl (C=O) groups is 1. The molecular formula is C15H12N2O2. The topological polar surface area (TPSA) is 51.2 Å². The van der Waals surface area contributed by atoms with Gasteiger partial charge in [0.15, 0.2) is 0 Å². The summed E-state index contributed by atoms with van der Waals surface area (Å²) in [4.78, 5) is 15.6. The monoisotopic (exact) mass is 252 g/mol. The van der Waals surface area contributed by atoms with Crippen molar-refractivity contribution in [3.05, 3.63) is 59.8 Å². The van der Waals surface area contributed by atoms with Crippen molar-refractivity contribution in [1.82, 2.24) is 4.98 Å². The Morgan fingerprint density at radius 3 is 2.74 bits per heavy atom. The SMILES string of the molecule is C#Cc1cccc(NC(=O)OCc2ccccc2)n1. The number of pyridine rings is 1. The van der Waals surface area contributed by atoms with Gasteiger partial charge in [-0.05, 0) is 17.7 Å². The molecule has 0 unspecified atom stereocenters. The quantitative estimate of drug-likeness (QED) is 0.854. The molecule has 1 aromatic heterocycles. The third-order valence-corrected chi connectivity index (χ3v) is 2.34. The number of hydrogen-bond donors (Lipinski definition) is 1. The molecule has 1 amide bonds. The van der Waals surface area contributed by atoms with Gasteiger partial charge in [0.1, 0.15) is 18.1 Å². The molecule has 94 valence electrons. The van der Waals surface area contributed by atoms with E-state index >= 15 is 0 Å². The van der Waals surface area contributed by atoms with Gasteiger partial charge in [-0.1, -0.05) is 42.3 Å². The number of amides is 1. The van der Waals surface area contributed by atoms with Gasteiger partial charge in [-0.2, -0.15) is 0 Å². The third kappa shape index (κ3) is 3.86. The maximum absolute atomic E-state index is 11.6. The van der Waals surface area contributed by atoms with Crippen LogP contribution in [0, 0.1) is 12.3 Å². The van der Waals surface area contributed by atoms with Crippen LogP contribution in [0.25, 0.3) is 0 Å². The number of aromatic nitrogens is 1. The molecular weight excluding hydrogens is 240 g/mol. The Balaban J connectivity index is 1.89. The fourth-order valence-corrected chi connectivity index (χ4v) is 1.45. The second kappa shape index (κ2) is 6.22. The predicted octanol–water partition coefficient (Wildman–Crippen LogP) is 2.81. The molecule has 0 radical (unpaired) electrons. The van der Waals surface area contributed by atoms with Crippen LogP contribution in [-0.2, 0) is 11.3 Å². The number of hydrogen-bond acceptors (Lipinski definition) is 3. The molecule has 0 spiro atoms. The summed E-state index contributed by atoms with van der Waals surface area (Å²) in [6.07, 6.45) is 4.66. The largest absolute Gasteiger partial charge is 0.444 e. The Labute approximate surface area is 111 Å². The van der Waals surface area contributed by atoms with Gasteiger partial charge in [-0.15, -0.1) is 6.42 Å². The highest BCUT2D eigenvalue weighted by molar-refractivity contribution is 5.83. The Morgan fingerprint density at radius 1 is 1.21 bits per heavy atom. The first kappa shape index (κ1) is 12.7. The third-order valence-electron chi connectivity index (χ3n) is 2.34. The zero-order valence-electron chi connectivity index (χ0n) is 10.2. The minimum absolute atomic E-state index is 0.210. The standard InChI is InChI=1S/C15H12N2O2/c1-2-13-9-6-10-14(16-13)17-15(18)19-11-12-7-4-3-5-8-12/h1,3-10H,11H2,(H,16,17,18). The highest BCUT2D eigenvalue weighted by atomic mass is 16.5. The highest BCUT2D eigenvalue weighted by Crippen LogP contribution is 2.06. The Bertz CT molecular complexity index is 603. The van der Waals surface area contributed by atoms with Crippen LogP contribution in [-0.4, -0.2) is 11.1 Å². The van der Waals surface area contributed by atoms with Crippen LogP contribution >= 0.6 is 0 Å². The van der Waals surface area contributed by atoms with Crippen molar-refractivity contribution in [3.63, 3.8) is 0 Å². The van der Waals surface area contributed by atoms with Crippen molar-refractivity contribution in [2.45, 2.75) is 6.61 Å². The maximum Gasteiger partial charge on any atom is 0.413 e. The van der Waals surface area contributed by atoms with E-state index in [4.69, 9.17) is 11.2 Å². The lowest BCUT2D eigenvalue weighted by Crippen LogP contribution is -2.14. The van der Waals surface area contributed by atoms with Gasteiger partial charge < -0.3 is 4.74 Å². The van der Waals surface area contributed by atoms with Crippen molar-refractivity contribution in [2.24, 2.45) is 0 Å². The molecule has 0 aliphatic carbocycles. The molecule has 0 fully saturated rings. The van der Waals surface area contributed by atoms with E-state index in [-0.39, 0.29) is 6.61 Å². The van der Waals surface area contributed by atoms with E-state index in [0.717, 1.165) is 5.56 Å². The first-order chi connectivity index (χ1) is 9.28. The minimum atomic E-state index is -0.564. The highest BCUT2D eigenvalue weighted by Gasteiger charge is 2.04. The van der Waals surface area contributed by atoms with Crippen LogP contribution in [0.5, 0.6) is 0 Å². The van der Waals surface area contributed by atoms with Gasteiger partial charge in [0, 0.05) is 0 Å². The molecule has 19 heavy (non-hydrogen) atoms. The number of rotatable bonds is 3. The molecule has 0 bridgehead atoms. The van der Waals surface area contributed by atoms with Crippen molar-refractivity contribution < 1.29 is 9.53 Å². The lowest BCUT2D eigenvalue weighted by Gasteiger charge is -2.06. The lowest BCUT2D eigenvalue weighted by molar-refractivity contribution is 0.155. The van der Waals surface area contributed by atoms with Crippen LogP contribution in [0.3, 0.4) is 0 Å². The van der Waals surface area contributed by atoms with Gasteiger partial charge in [0.2, 0.25) is 0 Å². The van der Waals surface area contributed by atoms with Crippen molar-refractivity contribution in [1.29, 1.82) is 0 Å². The van der Waals surface area contributed by atoms with Gasteiger partial charge >= 0.3 is 6.09 Å². The summed E-state index contributed by atoms with van der Waals surface area (Å²) in [7, 11) is 0. The summed E-state index contributed by atoms with van der Waals surface area (Å²) in [5, 5.41) is 2.52. The molecule has 1 heterocycles. The molecule has 4 nitrogen and oxygen atoms in total. The molecule has 2 aromatic rings. The summed E-state index contributed by atoms with van der Waals surface area (Å²) < 4.78 is 5.06. The molecule has 0 aliphatic heterocycles. The molecule has 0 atom stereocenters. The molecule has 1 N–H and O–H groups in total. The average Bonchev–Trinajstić information content (AvgIpc) is 2.46. The van der Waals surface area contributed by atoms with Crippen LogP contribution in [0.4, 0.5) is 10.6 Å². The summed E-state index contributed by atoms with van der Waals surface area (Å²) in [6.45, 7) is 0.210. The van der Waals surface area contributed by atoms with Crippen molar-refractivity contribution in [2.75, 3.05) is 5.32 Å². The number of terminal acetylenes is 1. The van der Waals surface area contributed by atoms with E-state index < -0.39 is 6.09 Å². The van der Waals surface area contributed by atoms with Gasteiger partial charge in [0.25, 0.3) is 0 Å². The fraction of sp³-hybridized carbons (Fsp3) is 0.0667. The van der Waals surface area contributed by atoms with Gasteiger partial charge in [-0.25, -0.2) is 9.78 Å². The van der Waals surface area contributed by atoms with Crippen LogP contribution in [0.2, 0.25) is 0 Å². The average molecular weight is 252 g/mol. The smallest absolute Gasteiger partial charge is 0.413 e. The van der Waals surface area contributed by atoms with Gasteiger partial charge in [0.05, 0.1) is 0 Å². The van der Waals surface area contributed by atoms with Crippen molar-refractivity contribution >= 4 is 11.9 Å². The van der Waals surface area contributed by atoms with E-state index in [2.05, 4.69) is 16.2 Å². The second-order valence-electron chi connectivity index (χ2n) is 3.74. The zero-order chi connectivity index (χ0) is 13.5. The first-order valence-corrected chi connectivity index (χ1v) is 5.69. The zero-order valence-corrected chi connectivity index (χ0v) is 10.2. The summed E-state index contributed by atoms with van der Waals surface area (Å²) in [5.74, 6) is 2.76. The normalized spacial score (nSPS) is 9.42. The van der Waals surface area contributed by atoms with E-state index in [1.165, 1.54) is 0 Å². The minimum Gasteiger partial charge on any atom is -0.444 e. The number of anilines is 1. The first-order valence-electron chi connectivity index (χ1n) is 5.69. The Hall–Kier alpha value is -2.80. The van der Waals surface area contributed by atoms with Crippen LogP contribution in [0.15, 0.2) is 48.5 Å². The number of nitrogens with one attached hydrogen (secondary N) is 1. The van der Waals surface area contributed by atoms with E-state index in [1.54, 1.807) is 18.2 Å². The van der Waals surface area contributed by atoms with E-state index in [1.807, 2.05) is 30.3 Å². The van der Waals surface area contributed by atoms with Crippen LogP contribution in [0.1, 0.15) is 11.3 Å². The summed E-state index contributed by atoms with van der Waals surface area (Å²) >= 11 is 0. The molecule has 0 saturated heterocycles. The maximum atomic E-state index is 11.6. The number of ether oxygens (including phenoxy) is 1. The molecule has 1 aromatic carbocycles. The Morgan fingerprint density at radius 2 is 2.00 bits per heavy atom.